The minimum absolute atomic E-state index is 0.0300. The van der Waals surface area contributed by atoms with E-state index in [0.717, 1.165) is 27.7 Å². The molecule has 0 aliphatic carbocycles. The molecule has 1 amide bonds. The zero-order valence-corrected chi connectivity index (χ0v) is 20.0. The smallest absolute Gasteiger partial charge is 0.237 e. The van der Waals surface area contributed by atoms with E-state index in [1.807, 2.05) is 86.6 Å². The van der Waals surface area contributed by atoms with E-state index in [2.05, 4.69) is 16.0 Å². The van der Waals surface area contributed by atoms with E-state index in [-0.39, 0.29) is 11.2 Å². The maximum Gasteiger partial charge on any atom is 0.237 e. The van der Waals surface area contributed by atoms with Crippen molar-refractivity contribution >= 4 is 52.1 Å². The molecule has 0 spiro atoms. The van der Waals surface area contributed by atoms with Crippen LogP contribution >= 0.6 is 24.0 Å². The van der Waals surface area contributed by atoms with Crippen LogP contribution in [0, 0.1) is 6.92 Å². The van der Waals surface area contributed by atoms with Gasteiger partial charge in [-0.2, -0.15) is 0 Å². The zero-order valence-electron chi connectivity index (χ0n) is 18.3. The van der Waals surface area contributed by atoms with Crippen molar-refractivity contribution in [3.63, 3.8) is 0 Å². The first-order valence-corrected chi connectivity index (χ1v) is 11.6. The van der Waals surface area contributed by atoms with Crippen LogP contribution < -0.4 is 20.7 Å². The highest BCUT2D eigenvalue weighted by molar-refractivity contribution is 8.00. The van der Waals surface area contributed by atoms with E-state index in [1.165, 1.54) is 17.3 Å². The van der Waals surface area contributed by atoms with Gasteiger partial charge in [0, 0.05) is 22.0 Å². The van der Waals surface area contributed by atoms with Crippen molar-refractivity contribution in [2.24, 2.45) is 0 Å². The molecule has 1 atom stereocenters. The number of rotatable bonds is 8. The number of hydrogen-bond acceptors (Lipinski definition) is 4. The van der Waals surface area contributed by atoms with Gasteiger partial charge in [0.05, 0.1) is 12.4 Å². The second kappa shape index (κ2) is 11.5. The highest BCUT2D eigenvalue weighted by Gasteiger charge is 2.18. The van der Waals surface area contributed by atoms with E-state index < -0.39 is 0 Å². The van der Waals surface area contributed by atoms with Crippen LogP contribution in [0.4, 0.5) is 17.1 Å². The molecule has 0 aliphatic heterocycles. The summed E-state index contributed by atoms with van der Waals surface area (Å²) in [5.41, 5.74) is 3.74. The fraction of sp³-hybridized carbons (Fsp3) is 0.200. The molecule has 5 nitrogen and oxygen atoms in total. The van der Waals surface area contributed by atoms with Crippen molar-refractivity contribution in [1.29, 1.82) is 0 Å². The third-order valence-corrected chi connectivity index (χ3v) is 6.26. The van der Waals surface area contributed by atoms with Crippen molar-refractivity contribution in [2.75, 3.05) is 23.1 Å². The quantitative estimate of drug-likeness (QED) is 0.267. The highest BCUT2D eigenvalue weighted by atomic mass is 32.2. The summed E-state index contributed by atoms with van der Waals surface area (Å²) in [5, 5.41) is 9.67. The lowest BCUT2D eigenvalue weighted by Gasteiger charge is -2.16. The molecule has 3 rings (SSSR count). The molecular weight excluding hydrogens is 438 g/mol. The zero-order chi connectivity index (χ0) is 22.9. The van der Waals surface area contributed by atoms with Gasteiger partial charge in [0.25, 0.3) is 0 Å². The van der Waals surface area contributed by atoms with Gasteiger partial charge in [0.15, 0.2) is 5.11 Å². The molecule has 3 N–H and O–H groups in total. The number of ether oxygens (including phenoxy) is 1. The predicted molar refractivity (Wildman–Crippen MR) is 139 cm³/mol. The number of hydrogen-bond donors (Lipinski definition) is 3. The van der Waals surface area contributed by atoms with Gasteiger partial charge in [-0.3, -0.25) is 4.79 Å². The summed E-state index contributed by atoms with van der Waals surface area (Å²) in [7, 11) is 1.62. The van der Waals surface area contributed by atoms with Crippen LogP contribution in [0.1, 0.15) is 18.9 Å². The van der Waals surface area contributed by atoms with Gasteiger partial charge in [0.2, 0.25) is 5.91 Å². The van der Waals surface area contributed by atoms with Crippen LogP contribution in [0.15, 0.2) is 77.7 Å². The molecule has 32 heavy (non-hydrogen) atoms. The summed E-state index contributed by atoms with van der Waals surface area (Å²) in [6.45, 7) is 4.05. The number of nitrogens with one attached hydrogen (secondary N) is 3. The maximum absolute atomic E-state index is 12.8. The monoisotopic (exact) mass is 465 g/mol. The van der Waals surface area contributed by atoms with Crippen LogP contribution in [0.5, 0.6) is 5.75 Å². The van der Waals surface area contributed by atoms with Gasteiger partial charge in [-0.15, -0.1) is 11.8 Å². The maximum atomic E-state index is 12.8. The van der Waals surface area contributed by atoms with Crippen LogP contribution in [-0.2, 0) is 4.79 Å². The number of amides is 1. The lowest BCUT2D eigenvalue weighted by molar-refractivity contribution is -0.115. The molecule has 0 saturated carbocycles. The summed E-state index contributed by atoms with van der Waals surface area (Å²) in [6.07, 6.45) is 0.706. The van der Waals surface area contributed by atoms with Crippen LogP contribution in [-0.4, -0.2) is 23.4 Å². The summed E-state index contributed by atoms with van der Waals surface area (Å²) >= 11 is 6.97. The molecule has 166 valence electrons. The van der Waals surface area contributed by atoms with E-state index in [9.17, 15) is 4.79 Å². The van der Waals surface area contributed by atoms with E-state index in [4.69, 9.17) is 17.0 Å². The second-order valence-electron chi connectivity index (χ2n) is 7.21. The number of carbonyl (C=O) groups is 1. The summed E-state index contributed by atoms with van der Waals surface area (Å²) < 4.78 is 5.16. The normalized spacial score (nSPS) is 11.3. The number of thiocarbonyl (C=S) groups is 1. The molecule has 0 saturated heterocycles. The number of benzene rings is 3. The Morgan fingerprint density at radius 1 is 0.938 bits per heavy atom. The SMILES string of the molecule is CCC(Sc1cccc(NC(=S)Nc2ccc(C)cc2)c1)C(=O)Nc1ccc(OC)cc1. The average molecular weight is 466 g/mol. The van der Waals surface area contributed by atoms with Crippen LogP contribution in [0.2, 0.25) is 0 Å². The molecule has 0 fully saturated rings. The van der Waals surface area contributed by atoms with E-state index >= 15 is 0 Å². The molecule has 0 bridgehead atoms. The first-order chi connectivity index (χ1) is 15.5. The first kappa shape index (κ1) is 23.6. The molecular formula is C25H27N3O2S2. The Morgan fingerprint density at radius 2 is 1.56 bits per heavy atom. The third kappa shape index (κ3) is 7.00. The van der Waals surface area contributed by atoms with Crippen molar-refractivity contribution in [3.05, 3.63) is 78.4 Å². The Morgan fingerprint density at radius 3 is 2.22 bits per heavy atom. The third-order valence-electron chi connectivity index (χ3n) is 4.70. The Balaban J connectivity index is 1.59. The van der Waals surface area contributed by atoms with Crippen LogP contribution in [0.3, 0.4) is 0 Å². The lowest BCUT2D eigenvalue weighted by atomic mass is 10.2. The predicted octanol–water partition coefficient (Wildman–Crippen LogP) is 6.32. The summed E-state index contributed by atoms with van der Waals surface area (Å²) in [4.78, 5) is 13.8. The Labute approximate surface area is 199 Å². The van der Waals surface area contributed by atoms with Crippen molar-refractivity contribution in [3.8, 4) is 5.75 Å². The summed E-state index contributed by atoms with van der Waals surface area (Å²) in [5.74, 6) is 0.723. The molecule has 3 aromatic rings. The van der Waals surface area contributed by atoms with Crippen LogP contribution in [0.25, 0.3) is 0 Å². The lowest BCUT2D eigenvalue weighted by Crippen LogP contribution is -2.24. The van der Waals surface area contributed by atoms with Gasteiger partial charge >= 0.3 is 0 Å². The molecule has 0 aliphatic rings. The molecule has 7 heteroatoms. The summed E-state index contributed by atoms with van der Waals surface area (Å²) in [6, 6.07) is 23.3. The Bertz CT molecular complexity index is 1050. The van der Waals surface area contributed by atoms with E-state index in [0.29, 0.717) is 11.5 Å². The minimum Gasteiger partial charge on any atom is -0.497 e. The van der Waals surface area contributed by atoms with Gasteiger partial charge in [-0.05, 0) is 80.2 Å². The Kier molecular flexibility index (Phi) is 8.53. The number of anilines is 3. The fourth-order valence-electron chi connectivity index (χ4n) is 2.96. The van der Waals surface area contributed by atoms with Gasteiger partial charge in [-0.1, -0.05) is 30.7 Å². The topological polar surface area (TPSA) is 62.4 Å². The van der Waals surface area contributed by atoms with Crippen molar-refractivity contribution < 1.29 is 9.53 Å². The molecule has 0 radical (unpaired) electrons. The van der Waals surface area contributed by atoms with E-state index in [1.54, 1.807) is 7.11 Å². The second-order valence-corrected chi connectivity index (χ2v) is 8.89. The molecule has 0 aromatic heterocycles. The minimum atomic E-state index is -0.218. The molecule has 0 heterocycles. The Hall–Kier alpha value is -3.03. The van der Waals surface area contributed by atoms with Gasteiger partial charge in [-0.25, -0.2) is 0 Å². The van der Waals surface area contributed by atoms with Gasteiger partial charge < -0.3 is 20.7 Å². The fourth-order valence-corrected chi connectivity index (χ4v) is 4.21. The van der Waals surface area contributed by atoms with Gasteiger partial charge in [0.1, 0.15) is 5.75 Å². The average Bonchev–Trinajstić information content (AvgIpc) is 2.79. The number of aryl methyl sites for hydroxylation is 1. The van der Waals surface area contributed by atoms with Crippen molar-refractivity contribution in [2.45, 2.75) is 30.4 Å². The largest absolute Gasteiger partial charge is 0.497 e. The highest BCUT2D eigenvalue weighted by Crippen LogP contribution is 2.29. The van der Waals surface area contributed by atoms with Crippen molar-refractivity contribution in [1.82, 2.24) is 0 Å². The number of methoxy groups -OCH3 is 1. The number of carbonyl (C=O) groups excluding carboxylic acids is 1. The molecule has 3 aromatic carbocycles. The standard InChI is InChI=1S/C25H27N3O2S2/c1-4-23(24(29)26-18-12-14-21(30-3)15-13-18)32-22-7-5-6-20(16-22)28-25(31)27-19-10-8-17(2)9-11-19/h5-16,23H,4H2,1-3H3,(H,26,29)(H2,27,28,31). The number of thioether (sulfide) groups is 1. The first-order valence-electron chi connectivity index (χ1n) is 10.3. The molecule has 1 unspecified atom stereocenters.